The maximum absolute atomic E-state index is 12.1. The highest BCUT2D eigenvalue weighted by Crippen LogP contribution is 2.40. The van der Waals surface area contributed by atoms with Crippen LogP contribution in [0.4, 0.5) is 10.5 Å². The molecule has 3 N–H and O–H groups in total. The molecule has 2 heterocycles. The van der Waals surface area contributed by atoms with Crippen LogP contribution in [0.15, 0.2) is 24.4 Å². The van der Waals surface area contributed by atoms with Crippen molar-refractivity contribution in [2.75, 3.05) is 11.9 Å². The van der Waals surface area contributed by atoms with Crippen molar-refractivity contribution in [3.63, 3.8) is 0 Å². The fourth-order valence-corrected chi connectivity index (χ4v) is 3.40. The summed E-state index contributed by atoms with van der Waals surface area (Å²) < 4.78 is 1.34. The lowest BCUT2D eigenvalue weighted by Gasteiger charge is -2.11. The number of rotatable bonds is 2. The number of hydrogen-bond acceptors (Lipinski definition) is 6. The molecular formula is C14H10ClN3O4S. The van der Waals surface area contributed by atoms with Gasteiger partial charge in [-0.25, -0.2) is 14.7 Å². The topological polar surface area (TPSA) is 103 Å². The molecule has 3 aromatic rings. The van der Waals surface area contributed by atoms with Crippen molar-refractivity contribution in [3.8, 4) is 5.75 Å². The zero-order valence-electron chi connectivity index (χ0n) is 11.7. The first-order chi connectivity index (χ1) is 10.9. The van der Waals surface area contributed by atoms with Crippen molar-refractivity contribution in [3.05, 3.63) is 30.1 Å². The number of hydrogen-bond donors (Lipinski definition) is 3. The van der Waals surface area contributed by atoms with Crippen molar-refractivity contribution in [2.24, 2.45) is 0 Å². The van der Waals surface area contributed by atoms with Gasteiger partial charge in [-0.3, -0.25) is 9.63 Å². The largest absolute Gasteiger partial charge is 0.504 e. The molecule has 9 heteroatoms. The van der Waals surface area contributed by atoms with E-state index in [9.17, 15) is 14.7 Å². The van der Waals surface area contributed by atoms with Gasteiger partial charge in [-0.15, -0.1) is 11.3 Å². The van der Waals surface area contributed by atoms with Crippen LogP contribution in [0.3, 0.4) is 0 Å². The minimum Gasteiger partial charge on any atom is -0.504 e. The van der Waals surface area contributed by atoms with E-state index in [0.29, 0.717) is 20.7 Å². The number of halogens is 1. The van der Waals surface area contributed by atoms with Crippen LogP contribution in [-0.2, 0) is 0 Å². The van der Waals surface area contributed by atoms with E-state index in [1.54, 1.807) is 12.1 Å². The smallest absolute Gasteiger partial charge is 0.414 e. The Morgan fingerprint density at radius 2 is 2.09 bits per heavy atom. The van der Waals surface area contributed by atoms with E-state index in [1.807, 2.05) is 6.07 Å². The van der Waals surface area contributed by atoms with E-state index in [-0.39, 0.29) is 11.4 Å². The van der Waals surface area contributed by atoms with Crippen LogP contribution in [0, 0.1) is 0 Å². The molecule has 0 radical (unpaired) electrons. The van der Waals surface area contributed by atoms with Crippen molar-refractivity contribution in [2.45, 2.75) is 0 Å². The van der Waals surface area contributed by atoms with Gasteiger partial charge in [-0.1, -0.05) is 0 Å². The zero-order valence-corrected chi connectivity index (χ0v) is 13.3. The molecule has 0 saturated carbocycles. The van der Waals surface area contributed by atoms with Gasteiger partial charge in [0.15, 0.2) is 11.4 Å². The molecule has 2 aromatic heterocycles. The summed E-state index contributed by atoms with van der Waals surface area (Å²) >= 11 is 6.87. The number of thiophene rings is 1. The Morgan fingerprint density at radius 3 is 2.74 bits per heavy atom. The van der Waals surface area contributed by atoms with E-state index < -0.39 is 12.0 Å². The molecule has 0 spiro atoms. The SMILES string of the molecule is CN(C(=O)O)C(=O)c1ncc2c(sc3ccc(NCl)cc32)c1O. The first-order valence-corrected chi connectivity index (χ1v) is 7.55. The summed E-state index contributed by atoms with van der Waals surface area (Å²) in [4.78, 5) is 29.9. The number of amides is 2. The molecule has 0 fully saturated rings. The molecule has 7 nitrogen and oxygen atoms in total. The normalized spacial score (nSPS) is 10.9. The highest BCUT2D eigenvalue weighted by molar-refractivity contribution is 7.26. The number of carbonyl (C=O) groups is 2. The highest BCUT2D eigenvalue weighted by atomic mass is 35.5. The number of imide groups is 1. The number of carboxylic acid groups (broad SMARTS) is 1. The third-order valence-electron chi connectivity index (χ3n) is 3.39. The molecule has 1 aromatic carbocycles. The maximum atomic E-state index is 12.1. The van der Waals surface area contributed by atoms with Crippen LogP contribution in [0.5, 0.6) is 5.75 Å². The Morgan fingerprint density at radius 1 is 1.35 bits per heavy atom. The van der Waals surface area contributed by atoms with Crippen LogP contribution in [0.25, 0.3) is 20.2 Å². The molecule has 0 bridgehead atoms. The Balaban J connectivity index is 2.22. The van der Waals surface area contributed by atoms with Crippen LogP contribution in [0.2, 0.25) is 0 Å². The zero-order chi connectivity index (χ0) is 16.7. The third kappa shape index (κ3) is 2.41. The summed E-state index contributed by atoms with van der Waals surface area (Å²) in [5, 5.41) is 20.7. The molecule has 0 aliphatic heterocycles. The lowest BCUT2D eigenvalue weighted by Crippen LogP contribution is -2.32. The molecule has 0 saturated heterocycles. The van der Waals surface area contributed by atoms with Gasteiger partial charge in [0.2, 0.25) is 0 Å². The van der Waals surface area contributed by atoms with Gasteiger partial charge in [0.1, 0.15) is 0 Å². The summed E-state index contributed by atoms with van der Waals surface area (Å²) in [6.07, 6.45) is 0.0138. The predicted octanol–water partition coefficient (Wildman–Crippen LogP) is 3.47. The number of nitrogens with one attached hydrogen (secondary N) is 1. The fraction of sp³-hybridized carbons (Fsp3) is 0.0714. The average molecular weight is 352 g/mol. The first kappa shape index (κ1) is 15.3. The van der Waals surface area contributed by atoms with Crippen LogP contribution >= 0.6 is 23.1 Å². The van der Waals surface area contributed by atoms with Gasteiger partial charge < -0.3 is 10.2 Å². The van der Waals surface area contributed by atoms with E-state index in [4.69, 9.17) is 16.9 Å². The summed E-state index contributed by atoms with van der Waals surface area (Å²) in [6.45, 7) is 0. The number of anilines is 1. The van der Waals surface area contributed by atoms with Crippen molar-refractivity contribution >= 4 is 61.0 Å². The van der Waals surface area contributed by atoms with Gasteiger partial charge >= 0.3 is 6.09 Å². The molecular weight excluding hydrogens is 342 g/mol. The highest BCUT2D eigenvalue weighted by Gasteiger charge is 2.24. The Kier molecular flexibility index (Phi) is 3.70. The van der Waals surface area contributed by atoms with Gasteiger partial charge in [0.05, 0.1) is 4.70 Å². The summed E-state index contributed by atoms with van der Waals surface area (Å²) in [5.41, 5.74) is 0.383. The van der Waals surface area contributed by atoms with Crippen LogP contribution < -0.4 is 4.84 Å². The molecule has 0 aliphatic carbocycles. The maximum Gasteiger partial charge on any atom is 0.414 e. The van der Waals surface area contributed by atoms with E-state index in [2.05, 4.69) is 9.82 Å². The molecule has 2 amide bonds. The third-order valence-corrected chi connectivity index (χ3v) is 4.80. The Hall–Kier alpha value is -2.58. The van der Waals surface area contributed by atoms with Gasteiger partial charge in [0, 0.05) is 46.2 Å². The van der Waals surface area contributed by atoms with E-state index in [1.165, 1.54) is 17.5 Å². The number of carbonyl (C=O) groups excluding carboxylic acids is 1. The molecule has 118 valence electrons. The predicted molar refractivity (Wildman–Crippen MR) is 88.4 cm³/mol. The van der Waals surface area contributed by atoms with E-state index in [0.717, 1.165) is 17.1 Å². The molecule has 3 rings (SSSR count). The molecule has 23 heavy (non-hydrogen) atoms. The van der Waals surface area contributed by atoms with E-state index >= 15 is 0 Å². The van der Waals surface area contributed by atoms with Gasteiger partial charge in [0.25, 0.3) is 5.91 Å². The van der Waals surface area contributed by atoms with Crippen molar-refractivity contribution in [1.29, 1.82) is 0 Å². The second kappa shape index (κ2) is 5.56. The number of benzene rings is 1. The molecule has 0 atom stereocenters. The minimum atomic E-state index is -1.43. The number of aromatic hydroxyl groups is 1. The molecule has 0 aliphatic rings. The van der Waals surface area contributed by atoms with Gasteiger partial charge in [-0.2, -0.15) is 0 Å². The number of aromatic nitrogens is 1. The Labute approximate surface area is 138 Å². The Bertz CT molecular complexity index is 956. The number of pyridine rings is 1. The van der Waals surface area contributed by atoms with Crippen LogP contribution in [0.1, 0.15) is 10.5 Å². The summed E-state index contributed by atoms with van der Waals surface area (Å²) in [7, 11) is 1.10. The van der Waals surface area contributed by atoms with Crippen molar-refractivity contribution in [1.82, 2.24) is 9.88 Å². The number of fused-ring (bicyclic) bond motifs is 3. The lowest BCUT2D eigenvalue weighted by molar-refractivity contribution is 0.0773. The monoisotopic (exact) mass is 351 g/mol. The fourth-order valence-electron chi connectivity index (χ4n) is 2.18. The quantitative estimate of drug-likeness (QED) is 0.611. The van der Waals surface area contributed by atoms with Crippen LogP contribution in [-0.4, -0.2) is 39.1 Å². The minimum absolute atomic E-state index is 0.301. The van der Waals surface area contributed by atoms with Gasteiger partial charge in [-0.05, 0) is 18.2 Å². The van der Waals surface area contributed by atoms with Crippen molar-refractivity contribution < 1.29 is 19.8 Å². The molecule has 0 unspecified atom stereocenters. The summed E-state index contributed by atoms with van der Waals surface area (Å²) in [5.74, 6) is -1.22. The summed E-state index contributed by atoms with van der Waals surface area (Å²) in [6, 6.07) is 5.40. The standard InChI is InChI=1S/C14H10ClN3O4S/c1-18(14(21)22)13(20)10-11(19)12-8(5-16-10)7-4-6(17-15)2-3-9(7)23-12/h2-5,17,19H,1H3,(H,21,22). The first-order valence-electron chi connectivity index (χ1n) is 6.36. The second-order valence-corrected chi connectivity index (χ2v) is 5.99. The number of nitrogens with zero attached hydrogens (tertiary/aromatic N) is 2. The average Bonchev–Trinajstić information content (AvgIpc) is 2.92. The second-order valence-electron chi connectivity index (χ2n) is 4.75. The lowest BCUT2D eigenvalue weighted by atomic mass is 10.1.